The molecular weight excluding hydrogens is 256 g/mol. The van der Waals surface area contributed by atoms with Gasteiger partial charge in [-0.1, -0.05) is 0 Å². The summed E-state index contributed by atoms with van der Waals surface area (Å²) in [7, 11) is 1.48. The third-order valence-corrected chi connectivity index (χ3v) is 3.84. The molecule has 2 atom stereocenters. The van der Waals surface area contributed by atoms with E-state index in [2.05, 4.69) is 10.6 Å². The van der Waals surface area contributed by atoms with Gasteiger partial charge in [0.25, 0.3) is 5.91 Å². The number of carbonyl (C=O) groups is 1. The number of carbonyl (C=O) groups excluding carboxylic acids is 1. The van der Waals surface area contributed by atoms with Gasteiger partial charge in [0.1, 0.15) is 0 Å². The number of amides is 1. The maximum absolute atomic E-state index is 12.2. The summed E-state index contributed by atoms with van der Waals surface area (Å²) in [5.41, 5.74) is 0.443. The average Bonchev–Trinajstić information content (AvgIpc) is 2.48. The van der Waals surface area contributed by atoms with Crippen molar-refractivity contribution in [2.75, 3.05) is 20.2 Å². The van der Waals surface area contributed by atoms with Crippen LogP contribution in [0.15, 0.2) is 18.2 Å². The third-order valence-electron chi connectivity index (χ3n) is 3.84. The highest BCUT2D eigenvalue weighted by Crippen LogP contribution is 2.26. The van der Waals surface area contributed by atoms with E-state index in [4.69, 9.17) is 4.74 Å². The molecule has 1 amide bonds. The lowest BCUT2D eigenvalue weighted by molar-refractivity contribution is 0.0921. The van der Waals surface area contributed by atoms with Gasteiger partial charge in [0, 0.05) is 11.6 Å². The highest BCUT2D eigenvalue weighted by Gasteiger charge is 2.22. The van der Waals surface area contributed by atoms with Crippen LogP contribution in [-0.4, -0.2) is 37.3 Å². The second-order valence-corrected chi connectivity index (χ2v) is 5.26. The normalized spacial score (nSPS) is 20.2. The van der Waals surface area contributed by atoms with Crippen LogP contribution in [-0.2, 0) is 0 Å². The van der Waals surface area contributed by atoms with E-state index >= 15 is 0 Å². The standard InChI is InChI=1S/C15H22N2O3/c1-10(12-4-3-7-16-9-12)17-15(19)11-5-6-14(20-2)13(18)8-11/h5-6,8,10,12,16,18H,3-4,7,9H2,1-2H3,(H,17,19). The summed E-state index contributed by atoms with van der Waals surface area (Å²) in [6, 6.07) is 4.79. The fourth-order valence-electron chi connectivity index (χ4n) is 2.54. The van der Waals surface area contributed by atoms with Crippen LogP contribution in [0.1, 0.15) is 30.1 Å². The minimum Gasteiger partial charge on any atom is -0.504 e. The molecule has 1 aliphatic rings. The fraction of sp³-hybridized carbons (Fsp3) is 0.533. The van der Waals surface area contributed by atoms with Crippen LogP contribution in [0.4, 0.5) is 0 Å². The van der Waals surface area contributed by atoms with Gasteiger partial charge < -0.3 is 20.5 Å². The Morgan fingerprint density at radius 2 is 2.35 bits per heavy atom. The zero-order chi connectivity index (χ0) is 14.5. The van der Waals surface area contributed by atoms with Gasteiger partial charge >= 0.3 is 0 Å². The first-order valence-electron chi connectivity index (χ1n) is 7.00. The van der Waals surface area contributed by atoms with Crippen LogP contribution in [0, 0.1) is 5.92 Å². The molecular formula is C15H22N2O3. The molecule has 2 unspecified atom stereocenters. The first-order chi connectivity index (χ1) is 9.61. The highest BCUT2D eigenvalue weighted by molar-refractivity contribution is 5.95. The molecule has 0 saturated carbocycles. The molecule has 5 heteroatoms. The summed E-state index contributed by atoms with van der Waals surface area (Å²) < 4.78 is 4.97. The topological polar surface area (TPSA) is 70.6 Å². The predicted octanol–water partition coefficient (Wildman–Crippen LogP) is 1.52. The fourth-order valence-corrected chi connectivity index (χ4v) is 2.54. The van der Waals surface area contributed by atoms with E-state index in [1.807, 2.05) is 6.92 Å². The van der Waals surface area contributed by atoms with Crippen molar-refractivity contribution in [3.8, 4) is 11.5 Å². The Morgan fingerprint density at radius 3 is 2.95 bits per heavy atom. The Hall–Kier alpha value is -1.75. The van der Waals surface area contributed by atoms with Crippen LogP contribution in [0.25, 0.3) is 0 Å². The van der Waals surface area contributed by atoms with E-state index in [9.17, 15) is 9.90 Å². The molecule has 0 bridgehead atoms. The quantitative estimate of drug-likeness (QED) is 0.781. The minimum atomic E-state index is -0.166. The van der Waals surface area contributed by atoms with Crippen LogP contribution >= 0.6 is 0 Å². The molecule has 3 N–H and O–H groups in total. The van der Waals surface area contributed by atoms with Crippen molar-refractivity contribution < 1.29 is 14.6 Å². The van der Waals surface area contributed by atoms with Gasteiger partial charge in [-0.05, 0) is 57.0 Å². The molecule has 2 rings (SSSR count). The highest BCUT2D eigenvalue weighted by atomic mass is 16.5. The van der Waals surface area contributed by atoms with Crippen molar-refractivity contribution in [1.29, 1.82) is 0 Å². The molecule has 20 heavy (non-hydrogen) atoms. The molecule has 0 aromatic heterocycles. The first kappa shape index (κ1) is 14.7. The van der Waals surface area contributed by atoms with Crippen molar-refractivity contribution in [1.82, 2.24) is 10.6 Å². The van der Waals surface area contributed by atoms with E-state index in [-0.39, 0.29) is 17.7 Å². The van der Waals surface area contributed by atoms with E-state index in [1.54, 1.807) is 12.1 Å². The summed E-state index contributed by atoms with van der Waals surface area (Å²) in [5, 5.41) is 16.1. The van der Waals surface area contributed by atoms with Gasteiger partial charge in [-0.25, -0.2) is 0 Å². The van der Waals surface area contributed by atoms with Crippen molar-refractivity contribution in [2.45, 2.75) is 25.8 Å². The molecule has 110 valence electrons. The van der Waals surface area contributed by atoms with Crippen LogP contribution in [0.5, 0.6) is 11.5 Å². The number of hydrogen-bond donors (Lipinski definition) is 3. The zero-order valence-electron chi connectivity index (χ0n) is 12.0. The third kappa shape index (κ3) is 3.42. The Bertz CT molecular complexity index is 470. The number of methoxy groups -OCH3 is 1. The Morgan fingerprint density at radius 1 is 1.55 bits per heavy atom. The number of nitrogens with one attached hydrogen (secondary N) is 2. The second-order valence-electron chi connectivity index (χ2n) is 5.26. The summed E-state index contributed by atoms with van der Waals surface area (Å²) in [6.07, 6.45) is 2.27. The maximum Gasteiger partial charge on any atom is 0.251 e. The van der Waals surface area contributed by atoms with Gasteiger partial charge in [0.2, 0.25) is 0 Å². The first-order valence-corrected chi connectivity index (χ1v) is 7.00. The number of piperidine rings is 1. The minimum absolute atomic E-state index is 0.0212. The maximum atomic E-state index is 12.2. The molecule has 1 heterocycles. The van der Waals surface area contributed by atoms with Crippen LogP contribution in [0.3, 0.4) is 0 Å². The van der Waals surface area contributed by atoms with Gasteiger partial charge in [0.05, 0.1) is 7.11 Å². The molecule has 0 spiro atoms. The predicted molar refractivity (Wildman–Crippen MR) is 77.2 cm³/mol. The lowest BCUT2D eigenvalue weighted by Gasteiger charge is -2.29. The second kappa shape index (κ2) is 6.61. The molecule has 1 fully saturated rings. The number of rotatable bonds is 4. The Labute approximate surface area is 119 Å². The average molecular weight is 278 g/mol. The monoisotopic (exact) mass is 278 g/mol. The summed E-state index contributed by atoms with van der Waals surface area (Å²) >= 11 is 0. The molecule has 0 aliphatic carbocycles. The van der Waals surface area contributed by atoms with E-state index in [0.29, 0.717) is 17.2 Å². The summed E-state index contributed by atoms with van der Waals surface area (Å²) in [5.74, 6) is 0.638. The van der Waals surface area contributed by atoms with Crippen molar-refractivity contribution >= 4 is 5.91 Å². The van der Waals surface area contributed by atoms with Crippen molar-refractivity contribution in [3.63, 3.8) is 0 Å². The zero-order valence-corrected chi connectivity index (χ0v) is 12.0. The Balaban J connectivity index is 1.98. The Kier molecular flexibility index (Phi) is 4.84. The van der Waals surface area contributed by atoms with Crippen LogP contribution in [0.2, 0.25) is 0 Å². The lowest BCUT2D eigenvalue weighted by atomic mass is 9.92. The lowest BCUT2D eigenvalue weighted by Crippen LogP contribution is -2.44. The number of benzene rings is 1. The number of phenolic OH excluding ortho intramolecular Hbond substituents is 1. The molecule has 5 nitrogen and oxygen atoms in total. The van der Waals surface area contributed by atoms with Gasteiger partial charge in [-0.15, -0.1) is 0 Å². The molecule has 1 aliphatic heterocycles. The molecule has 1 saturated heterocycles. The van der Waals surface area contributed by atoms with Crippen molar-refractivity contribution in [2.24, 2.45) is 5.92 Å². The van der Waals surface area contributed by atoms with E-state index in [1.165, 1.54) is 13.2 Å². The largest absolute Gasteiger partial charge is 0.504 e. The smallest absolute Gasteiger partial charge is 0.251 e. The molecule has 1 aromatic carbocycles. The van der Waals surface area contributed by atoms with Gasteiger partial charge in [-0.3, -0.25) is 4.79 Å². The molecule has 1 aromatic rings. The van der Waals surface area contributed by atoms with Gasteiger partial charge in [0.15, 0.2) is 11.5 Å². The summed E-state index contributed by atoms with van der Waals surface area (Å²) in [4.78, 5) is 12.2. The molecule has 0 radical (unpaired) electrons. The number of phenols is 1. The van der Waals surface area contributed by atoms with Gasteiger partial charge in [-0.2, -0.15) is 0 Å². The van der Waals surface area contributed by atoms with E-state index in [0.717, 1.165) is 25.9 Å². The van der Waals surface area contributed by atoms with Crippen LogP contribution < -0.4 is 15.4 Å². The van der Waals surface area contributed by atoms with Crippen molar-refractivity contribution in [3.05, 3.63) is 23.8 Å². The number of aromatic hydroxyl groups is 1. The number of hydrogen-bond acceptors (Lipinski definition) is 4. The number of ether oxygens (including phenoxy) is 1. The van der Waals surface area contributed by atoms with E-state index < -0.39 is 0 Å². The SMILES string of the molecule is COc1ccc(C(=O)NC(C)C2CCCNC2)cc1O. The summed E-state index contributed by atoms with van der Waals surface area (Å²) in [6.45, 7) is 4.03.